The van der Waals surface area contributed by atoms with Crippen LogP contribution in [-0.4, -0.2) is 32.8 Å². The summed E-state index contributed by atoms with van der Waals surface area (Å²) in [5, 5.41) is 9.03. The summed E-state index contributed by atoms with van der Waals surface area (Å²) in [4.78, 5) is 2.15. The molecule has 8 heteroatoms. The number of fused-ring (bicyclic) bond motifs is 2. The number of nitrogens with zero attached hydrogens (tertiary/aromatic N) is 3. The van der Waals surface area contributed by atoms with E-state index in [1.165, 1.54) is 0 Å². The van der Waals surface area contributed by atoms with E-state index in [0.29, 0.717) is 22.1 Å². The second-order valence-corrected chi connectivity index (χ2v) is 7.72. The van der Waals surface area contributed by atoms with E-state index < -0.39 is 10.0 Å². The molecule has 0 aliphatic rings. The van der Waals surface area contributed by atoms with E-state index in [1.54, 1.807) is 36.4 Å². The molecule has 1 heterocycles. The minimum Gasteiger partial charge on any atom is -0.377 e. The van der Waals surface area contributed by atoms with Crippen LogP contribution < -0.4 is 9.62 Å². The van der Waals surface area contributed by atoms with Gasteiger partial charge in [0.1, 0.15) is 5.52 Å². The van der Waals surface area contributed by atoms with Gasteiger partial charge in [-0.15, -0.1) is 0 Å². The highest BCUT2D eigenvalue weighted by Crippen LogP contribution is 2.31. The number of hydrogen-bond acceptors (Lipinski definition) is 6. The molecule has 132 valence electrons. The van der Waals surface area contributed by atoms with Crippen LogP contribution in [0.2, 0.25) is 0 Å². The summed E-state index contributed by atoms with van der Waals surface area (Å²) in [5.74, 6) is 0. The third kappa shape index (κ3) is 2.64. The molecule has 0 bridgehead atoms. The highest BCUT2D eigenvalue weighted by atomic mass is 32.2. The number of rotatable bonds is 4. The van der Waals surface area contributed by atoms with Crippen molar-refractivity contribution < 1.29 is 13.0 Å². The smallest absolute Gasteiger partial charge is 0.262 e. The van der Waals surface area contributed by atoms with Crippen molar-refractivity contribution in [1.29, 1.82) is 0 Å². The Hall–Kier alpha value is -3.13. The second kappa shape index (κ2) is 5.99. The van der Waals surface area contributed by atoms with Gasteiger partial charge < -0.3 is 4.90 Å². The summed E-state index contributed by atoms with van der Waals surface area (Å²) >= 11 is 0. The molecular formula is C18H16N4O3S. The first-order valence-corrected chi connectivity index (χ1v) is 9.39. The fourth-order valence-electron chi connectivity index (χ4n) is 2.98. The van der Waals surface area contributed by atoms with Crippen LogP contribution in [-0.2, 0) is 10.0 Å². The van der Waals surface area contributed by atoms with Crippen molar-refractivity contribution >= 4 is 43.2 Å². The average Bonchev–Trinajstić information content (AvgIpc) is 3.10. The lowest BCUT2D eigenvalue weighted by atomic mass is 10.1. The summed E-state index contributed by atoms with van der Waals surface area (Å²) in [6.45, 7) is 0. The van der Waals surface area contributed by atoms with Crippen molar-refractivity contribution in [2.45, 2.75) is 4.90 Å². The first-order chi connectivity index (χ1) is 12.5. The van der Waals surface area contributed by atoms with Gasteiger partial charge in [0.25, 0.3) is 10.0 Å². The number of sulfonamides is 1. The van der Waals surface area contributed by atoms with Gasteiger partial charge in [0.05, 0.1) is 10.6 Å². The lowest BCUT2D eigenvalue weighted by molar-refractivity contribution is 0.315. The molecular weight excluding hydrogens is 352 g/mol. The van der Waals surface area contributed by atoms with Gasteiger partial charge in [-0.25, -0.2) is 13.0 Å². The fraction of sp³-hybridized carbons (Fsp3) is 0.111. The number of hydrogen-bond donors (Lipinski definition) is 1. The lowest BCUT2D eigenvalue weighted by Crippen LogP contribution is -2.14. The quantitative estimate of drug-likeness (QED) is 0.595. The summed E-state index contributed by atoms with van der Waals surface area (Å²) < 4.78 is 33.4. The van der Waals surface area contributed by atoms with Gasteiger partial charge in [0.2, 0.25) is 0 Å². The molecule has 7 nitrogen and oxygen atoms in total. The third-order valence-corrected chi connectivity index (χ3v) is 5.58. The molecule has 4 rings (SSSR count). The van der Waals surface area contributed by atoms with Gasteiger partial charge in [0, 0.05) is 30.6 Å². The maximum Gasteiger partial charge on any atom is 0.262 e. The first-order valence-electron chi connectivity index (χ1n) is 7.90. The predicted octanol–water partition coefficient (Wildman–Crippen LogP) is 3.24. The molecule has 0 fully saturated rings. The van der Waals surface area contributed by atoms with Crippen molar-refractivity contribution in [3.8, 4) is 0 Å². The molecule has 4 aromatic rings. The molecule has 0 aliphatic heterocycles. The average molecular weight is 368 g/mol. The summed E-state index contributed by atoms with van der Waals surface area (Å²) in [6.07, 6.45) is 0. The summed E-state index contributed by atoms with van der Waals surface area (Å²) in [6, 6.07) is 15.9. The highest BCUT2D eigenvalue weighted by Gasteiger charge is 2.20. The summed E-state index contributed by atoms with van der Waals surface area (Å²) in [5.41, 5.74) is 2.12. The van der Waals surface area contributed by atoms with Gasteiger partial charge in [-0.2, -0.15) is 0 Å². The van der Waals surface area contributed by atoms with Crippen molar-refractivity contribution in [2.24, 2.45) is 0 Å². The maximum atomic E-state index is 13.1. The lowest BCUT2D eigenvalue weighted by Gasteiger charge is -2.17. The molecule has 0 atom stereocenters. The zero-order chi connectivity index (χ0) is 18.3. The fourth-order valence-corrected chi connectivity index (χ4v) is 4.27. The minimum atomic E-state index is -3.83. The Labute approximate surface area is 150 Å². The van der Waals surface area contributed by atoms with Crippen LogP contribution in [0.25, 0.3) is 21.8 Å². The Morgan fingerprint density at radius 2 is 1.65 bits per heavy atom. The van der Waals surface area contributed by atoms with E-state index >= 15 is 0 Å². The molecule has 26 heavy (non-hydrogen) atoms. The Kier molecular flexibility index (Phi) is 3.77. The molecule has 0 amide bonds. The van der Waals surface area contributed by atoms with E-state index in [-0.39, 0.29) is 4.90 Å². The standard InChI is InChI=1S/C18H16N4O3S/c1-22(2)16-10-3-7-13-12(16)6-4-11-17(13)26(23,24)21-15-9-5-8-14-18(15)20-25-19-14/h3-11,21H,1-2H3. The molecule has 0 saturated carbocycles. The number of anilines is 2. The van der Waals surface area contributed by atoms with Gasteiger partial charge in [-0.3, -0.25) is 4.72 Å². The number of benzene rings is 3. The van der Waals surface area contributed by atoms with Crippen LogP contribution >= 0.6 is 0 Å². The van der Waals surface area contributed by atoms with Crippen LogP contribution in [0.1, 0.15) is 0 Å². The molecule has 0 radical (unpaired) electrons. The van der Waals surface area contributed by atoms with E-state index in [0.717, 1.165) is 11.1 Å². The molecule has 0 saturated heterocycles. The number of aromatic nitrogens is 2. The number of nitrogens with one attached hydrogen (secondary N) is 1. The normalized spacial score (nSPS) is 11.8. The molecule has 1 aromatic heterocycles. The molecule has 1 N–H and O–H groups in total. The van der Waals surface area contributed by atoms with Crippen molar-refractivity contribution in [3.63, 3.8) is 0 Å². The Balaban J connectivity index is 1.86. The SMILES string of the molecule is CN(C)c1cccc2c(S(=O)(=O)Nc3cccc4nonc34)cccc12. The molecule has 0 unspecified atom stereocenters. The summed E-state index contributed by atoms with van der Waals surface area (Å²) in [7, 11) is 0.0165. The molecule has 3 aromatic carbocycles. The topological polar surface area (TPSA) is 88.3 Å². The molecule has 0 aliphatic carbocycles. The first kappa shape index (κ1) is 16.3. The van der Waals surface area contributed by atoms with Crippen molar-refractivity contribution in [1.82, 2.24) is 10.3 Å². The van der Waals surface area contributed by atoms with Crippen molar-refractivity contribution in [3.05, 3.63) is 54.6 Å². The van der Waals surface area contributed by atoms with E-state index in [9.17, 15) is 8.42 Å². The maximum absolute atomic E-state index is 13.1. The zero-order valence-corrected chi connectivity index (χ0v) is 15.0. The predicted molar refractivity (Wildman–Crippen MR) is 101 cm³/mol. The van der Waals surface area contributed by atoms with E-state index in [1.807, 2.05) is 37.2 Å². The Morgan fingerprint density at radius 3 is 2.46 bits per heavy atom. The Bertz CT molecular complexity index is 1220. The van der Waals surface area contributed by atoms with E-state index in [2.05, 4.69) is 15.0 Å². The highest BCUT2D eigenvalue weighted by molar-refractivity contribution is 7.93. The zero-order valence-electron chi connectivity index (χ0n) is 14.2. The van der Waals surface area contributed by atoms with Crippen LogP contribution in [0.15, 0.2) is 64.1 Å². The van der Waals surface area contributed by atoms with Gasteiger partial charge in [-0.05, 0) is 34.6 Å². The van der Waals surface area contributed by atoms with Crippen molar-refractivity contribution in [2.75, 3.05) is 23.7 Å². The Morgan fingerprint density at radius 1 is 0.923 bits per heavy atom. The van der Waals surface area contributed by atoms with Crippen LogP contribution in [0.4, 0.5) is 11.4 Å². The van der Waals surface area contributed by atoms with Crippen LogP contribution in [0, 0.1) is 0 Å². The van der Waals surface area contributed by atoms with Crippen LogP contribution in [0.3, 0.4) is 0 Å². The van der Waals surface area contributed by atoms with Gasteiger partial charge in [-0.1, -0.05) is 30.3 Å². The van der Waals surface area contributed by atoms with Gasteiger partial charge >= 0.3 is 0 Å². The largest absolute Gasteiger partial charge is 0.377 e. The monoisotopic (exact) mass is 368 g/mol. The second-order valence-electron chi connectivity index (χ2n) is 6.07. The molecule has 0 spiro atoms. The van der Waals surface area contributed by atoms with Crippen LogP contribution in [0.5, 0.6) is 0 Å². The minimum absolute atomic E-state index is 0.201. The van der Waals surface area contributed by atoms with Gasteiger partial charge in [0.15, 0.2) is 5.52 Å². The third-order valence-electron chi connectivity index (χ3n) is 4.16. The van der Waals surface area contributed by atoms with E-state index in [4.69, 9.17) is 4.63 Å².